The third kappa shape index (κ3) is 5.69. The monoisotopic (exact) mass is 560 g/mol. The Balaban J connectivity index is 1.43. The van der Waals surface area contributed by atoms with Crippen LogP contribution in [-0.2, 0) is 23.5 Å². The molecule has 1 unspecified atom stereocenters. The Hall–Kier alpha value is -4.25. The number of sulfonamides is 1. The first-order valence-corrected chi connectivity index (χ1v) is 14.6. The van der Waals surface area contributed by atoms with Crippen LogP contribution in [0.25, 0.3) is 11.3 Å². The van der Waals surface area contributed by atoms with Crippen molar-refractivity contribution in [2.24, 2.45) is 7.05 Å². The number of ether oxygens (including phenoxy) is 1. The van der Waals surface area contributed by atoms with E-state index in [0.717, 1.165) is 28.7 Å². The van der Waals surface area contributed by atoms with Gasteiger partial charge in [0, 0.05) is 43.4 Å². The van der Waals surface area contributed by atoms with Gasteiger partial charge in [-0.05, 0) is 43.0 Å². The first kappa shape index (κ1) is 27.3. The Kier molecular flexibility index (Phi) is 7.57. The largest absolute Gasteiger partial charge is 0.472 e. The molecule has 3 heterocycles. The van der Waals surface area contributed by atoms with Crippen LogP contribution in [0.5, 0.6) is 5.88 Å². The highest BCUT2D eigenvalue weighted by atomic mass is 32.2. The number of benzene rings is 2. The predicted octanol–water partition coefficient (Wildman–Crippen LogP) is 4.15. The van der Waals surface area contributed by atoms with Crippen LogP contribution in [-0.4, -0.2) is 58.2 Å². The van der Waals surface area contributed by atoms with Gasteiger partial charge in [-0.15, -0.1) is 0 Å². The zero-order valence-electron chi connectivity index (χ0n) is 23.0. The molecule has 10 nitrogen and oxygen atoms in total. The van der Waals surface area contributed by atoms with Crippen molar-refractivity contribution in [3.63, 3.8) is 0 Å². The number of hydrogen-bond acceptors (Lipinski definition) is 7. The van der Waals surface area contributed by atoms with Crippen molar-refractivity contribution >= 4 is 21.9 Å². The molecule has 1 aliphatic heterocycles. The Bertz CT molecular complexity index is 1650. The van der Waals surface area contributed by atoms with E-state index >= 15 is 0 Å². The number of rotatable bonds is 8. The summed E-state index contributed by atoms with van der Waals surface area (Å²) in [6.45, 7) is 6.93. The van der Waals surface area contributed by atoms with Gasteiger partial charge in [0.25, 0.3) is 15.9 Å². The molecule has 0 spiro atoms. The smallest absolute Gasteiger partial charge is 0.267 e. The molecule has 1 fully saturated rings. The predicted molar refractivity (Wildman–Crippen MR) is 152 cm³/mol. The Labute approximate surface area is 234 Å². The maximum atomic E-state index is 13.2. The Morgan fingerprint density at radius 3 is 2.55 bits per heavy atom. The summed E-state index contributed by atoms with van der Waals surface area (Å²) in [4.78, 5) is 24.0. The lowest BCUT2D eigenvalue weighted by atomic mass is 10.00. The van der Waals surface area contributed by atoms with Crippen LogP contribution >= 0.6 is 0 Å². The molecule has 0 aliphatic carbocycles. The second kappa shape index (κ2) is 11.1. The highest BCUT2D eigenvalue weighted by Crippen LogP contribution is 2.30. The van der Waals surface area contributed by atoms with Gasteiger partial charge in [-0.3, -0.25) is 9.48 Å². The molecule has 208 valence electrons. The van der Waals surface area contributed by atoms with E-state index in [2.05, 4.69) is 19.8 Å². The fraction of sp³-hybridized carbons (Fsp3) is 0.310. The van der Waals surface area contributed by atoms with E-state index < -0.39 is 10.0 Å². The van der Waals surface area contributed by atoms with Crippen LogP contribution in [0.4, 0.5) is 5.95 Å². The molecular formula is C29H32N6O4S. The molecule has 4 aromatic rings. The summed E-state index contributed by atoms with van der Waals surface area (Å²) < 4.78 is 36.2. The molecule has 0 radical (unpaired) electrons. The standard InChI is InChI=1S/C29H32N6O4S/c1-5-21-11-6-7-12-24(21)28(36)35-14-13-22(17-35)39-26-15-25(27-19(2)9-8-10-20(27)3)31-29(32-26)33-40(37,38)23-16-30-34(4)18-23/h6-12,15-16,18,22H,5,13-14,17H2,1-4H3,(H,31,32,33). The topological polar surface area (TPSA) is 119 Å². The third-order valence-electron chi connectivity index (χ3n) is 7.01. The lowest BCUT2D eigenvalue weighted by Gasteiger charge is -2.19. The first-order valence-electron chi connectivity index (χ1n) is 13.2. The molecule has 40 heavy (non-hydrogen) atoms. The summed E-state index contributed by atoms with van der Waals surface area (Å²) in [5, 5.41) is 3.95. The summed E-state index contributed by atoms with van der Waals surface area (Å²) in [5.41, 5.74) is 5.09. The number of anilines is 1. The van der Waals surface area contributed by atoms with E-state index in [-0.39, 0.29) is 28.7 Å². The Morgan fingerprint density at radius 2 is 1.85 bits per heavy atom. The molecular weight excluding hydrogens is 528 g/mol. The van der Waals surface area contributed by atoms with Gasteiger partial charge in [0.15, 0.2) is 0 Å². The normalized spacial score (nSPS) is 15.3. The van der Waals surface area contributed by atoms with Crippen LogP contribution in [0.3, 0.4) is 0 Å². The Morgan fingerprint density at radius 1 is 1.10 bits per heavy atom. The number of nitrogens with zero attached hydrogens (tertiary/aromatic N) is 5. The average molecular weight is 561 g/mol. The lowest BCUT2D eigenvalue weighted by Crippen LogP contribution is -2.31. The second-order valence-corrected chi connectivity index (χ2v) is 11.6. The van der Waals surface area contributed by atoms with Crippen molar-refractivity contribution < 1.29 is 17.9 Å². The number of amides is 1. The number of likely N-dealkylation sites (tertiary alicyclic amines) is 1. The highest BCUT2D eigenvalue weighted by molar-refractivity contribution is 7.92. The zero-order valence-corrected chi connectivity index (χ0v) is 23.8. The molecule has 2 aromatic heterocycles. The van der Waals surface area contributed by atoms with Gasteiger partial charge >= 0.3 is 0 Å². The quantitative estimate of drug-likeness (QED) is 0.344. The molecule has 1 saturated heterocycles. The first-order chi connectivity index (χ1) is 19.1. The SMILES string of the molecule is CCc1ccccc1C(=O)N1CCC(Oc2cc(-c3c(C)cccc3C)nc(NS(=O)(=O)c3cnn(C)c3)n2)C1. The van der Waals surface area contributed by atoms with Gasteiger partial charge in [0.2, 0.25) is 11.8 Å². The summed E-state index contributed by atoms with van der Waals surface area (Å²) in [6.07, 6.45) is 3.75. The molecule has 0 bridgehead atoms. The van der Waals surface area contributed by atoms with Gasteiger partial charge in [-0.25, -0.2) is 18.1 Å². The lowest BCUT2D eigenvalue weighted by molar-refractivity contribution is 0.0770. The minimum absolute atomic E-state index is 0.00384. The van der Waals surface area contributed by atoms with Crippen LogP contribution in [0.2, 0.25) is 0 Å². The fourth-order valence-corrected chi connectivity index (χ4v) is 5.91. The number of aromatic nitrogens is 4. The van der Waals surface area contributed by atoms with Crippen molar-refractivity contribution in [2.75, 3.05) is 17.8 Å². The number of aryl methyl sites for hydroxylation is 4. The fourth-order valence-electron chi connectivity index (χ4n) is 4.98. The summed E-state index contributed by atoms with van der Waals surface area (Å²) in [6, 6.07) is 15.3. The molecule has 5 rings (SSSR count). The van der Waals surface area contributed by atoms with Gasteiger partial charge < -0.3 is 9.64 Å². The van der Waals surface area contributed by atoms with Gasteiger partial charge in [-0.1, -0.05) is 43.3 Å². The van der Waals surface area contributed by atoms with E-state index in [4.69, 9.17) is 4.74 Å². The van der Waals surface area contributed by atoms with Crippen molar-refractivity contribution in [1.82, 2.24) is 24.6 Å². The maximum absolute atomic E-state index is 13.2. The van der Waals surface area contributed by atoms with E-state index in [9.17, 15) is 13.2 Å². The minimum atomic E-state index is -3.98. The van der Waals surface area contributed by atoms with E-state index in [1.807, 2.05) is 63.2 Å². The summed E-state index contributed by atoms with van der Waals surface area (Å²) in [7, 11) is -2.34. The number of carbonyl (C=O) groups excluding carboxylic acids is 1. The summed E-state index contributed by atoms with van der Waals surface area (Å²) >= 11 is 0. The van der Waals surface area contributed by atoms with E-state index in [1.54, 1.807) is 18.0 Å². The highest BCUT2D eigenvalue weighted by Gasteiger charge is 2.30. The van der Waals surface area contributed by atoms with E-state index in [1.165, 1.54) is 17.1 Å². The average Bonchev–Trinajstić information content (AvgIpc) is 3.57. The zero-order chi connectivity index (χ0) is 28.4. The molecule has 1 aliphatic rings. The van der Waals surface area contributed by atoms with Gasteiger partial charge in [0.05, 0.1) is 18.4 Å². The molecule has 1 atom stereocenters. The second-order valence-electron chi connectivity index (χ2n) is 9.93. The molecule has 0 saturated carbocycles. The van der Waals surface area contributed by atoms with Crippen LogP contribution < -0.4 is 9.46 Å². The molecule has 2 aromatic carbocycles. The molecule has 11 heteroatoms. The molecule has 1 amide bonds. The van der Waals surface area contributed by atoms with Crippen molar-refractivity contribution in [3.05, 3.63) is 83.2 Å². The van der Waals surface area contributed by atoms with Gasteiger partial charge in [0.1, 0.15) is 11.0 Å². The van der Waals surface area contributed by atoms with Crippen LogP contribution in [0, 0.1) is 13.8 Å². The number of hydrogen-bond donors (Lipinski definition) is 1. The minimum Gasteiger partial charge on any atom is -0.472 e. The van der Waals surface area contributed by atoms with Crippen molar-refractivity contribution in [1.29, 1.82) is 0 Å². The van der Waals surface area contributed by atoms with Crippen LogP contribution in [0.1, 0.15) is 40.4 Å². The molecule has 1 N–H and O–H groups in total. The number of carbonyl (C=O) groups is 1. The third-order valence-corrected chi connectivity index (χ3v) is 8.29. The summed E-state index contributed by atoms with van der Waals surface area (Å²) in [5.74, 6) is 0.0963. The maximum Gasteiger partial charge on any atom is 0.267 e. The van der Waals surface area contributed by atoms with Crippen LogP contribution in [0.15, 0.2) is 65.8 Å². The van der Waals surface area contributed by atoms with Gasteiger partial charge in [-0.2, -0.15) is 10.1 Å². The van der Waals surface area contributed by atoms with E-state index in [0.29, 0.717) is 30.8 Å². The number of nitrogens with one attached hydrogen (secondary N) is 1. The van der Waals surface area contributed by atoms with Crippen molar-refractivity contribution in [3.8, 4) is 17.1 Å². The van der Waals surface area contributed by atoms with Crippen molar-refractivity contribution in [2.45, 2.75) is 44.6 Å².